The molecule has 0 amide bonds. The molecule has 11 heteroatoms. The molecular weight excluding hydrogens is 882 g/mol. The number of ketones is 2. The van der Waals surface area contributed by atoms with Gasteiger partial charge in [-0.1, -0.05) is 128 Å². The van der Waals surface area contributed by atoms with E-state index in [9.17, 15) is 19.8 Å². The van der Waals surface area contributed by atoms with Gasteiger partial charge in [0.2, 0.25) is 0 Å². The number of carbonyl (C=O) groups is 2. The van der Waals surface area contributed by atoms with Crippen LogP contribution < -0.4 is 15.2 Å². The predicted molar refractivity (Wildman–Crippen MR) is 269 cm³/mol. The van der Waals surface area contributed by atoms with E-state index in [0.717, 1.165) is 61.3 Å². The number of aliphatic hydroxyl groups excluding tert-OH is 2. The second-order valence-electron chi connectivity index (χ2n) is 15.9. The number of hydrogen-bond acceptors (Lipinski definition) is 9. The van der Waals surface area contributed by atoms with Crippen LogP contribution in [0.1, 0.15) is 70.8 Å². The van der Waals surface area contributed by atoms with Gasteiger partial charge in [0.05, 0.1) is 11.3 Å². The van der Waals surface area contributed by atoms with E-state index in [4.69, 9.17) is 38.4 Å². The normalized spacial score (nSPS) is 12.6. The Hall–Kier alpha value is -6.46. The number of ether oxygens (including phenoxy) is 2. The lowest BCUT2D eigenvalue weighted by Crippen LogP contribution is -2.23. The molecule has 0 aliphatic carbocycles. The molecule has 2 heterocycles. The standard InChI is InChI=1S/C28H27NO3.C27H26N2O3.CH2Cl2/c1-2-26(27(30)17-20-8-9-24-18-29-15-14-23(24)16-20)21-10-12-25(13-11-21)32-19-28(31)22-6-4-3-5-7-22;28-16-25(26(30)15-19-6-7-23-17-29-13-12-22(23)14-19)20-8-10-24(11-9-20)32-18-27(31)21-4-2-1-3-5-21;2-1-3/h3-16,18,26,28,31H,2,17,19H2,1H3;1-14,17,25,27,31H,15-16,18,28H2;1H2. The first-order valence-corrected chi connectivity index (χ1v) is 23.2. The van der Waals surface area contributed by atoms with Crippen molar-refractivity contribution in [3.63, 3.8) is 0 Å². The summed E-state index contributed by atoms with van der Waals surface area (Å²) in [6.45, 7) is 2.61. The topological polar surface area (TPSA) is 145 Å². The molecule has 0 saturated carbocycles. The maximum absolute atomic E-state index is 13.1. The summed E-state index contributed by atoms with van der Waals surface area (Å²) in [4.78, 5) is 34.3. The van der Waals surface area contributed by atoms with Crippen LogP contribution in [0.4, 0.5) is 0 Å². The fraction of sp³-hybridized carbons (Fsp3) is 0.214. The number of aliphatic hydroxyl groups is 2. The lowest BCUT2D eigenvalue weighted by atomic mass is 9.88. The van der Waals surface area contributed by atoms with Gasteiger partial charge in [-0.25, -0.2) is 0 Å². The molecule has 8 aromatic rings. The molecule has 0 bridgehead atoms. The van der Waals surface area contributed by atoms with Crippen molar-refractivity contribution in [2.45, 2.75) is 50.2 Å². The molecule has 0 spiro atoms. The van der Waals surface area contributed by atoms with E-state index >= 15 is 0 Å². The zero-order chi connectivity index (χ0) is 47.4. The van der Waals surface area contributed by atoms with Crippen molar-refractivity contribution in [2.75, 3.05) is 25.1 Å². The second-order valence-corrected chi connectivity index (χ2v) is 16.7. The molecule has 4 unspecified atom stereocenters. The molecule has 6 aromatic carbocycles. The molecule has 0 saturated heterocycles. The van der Waals surface area contributed by atoms with Crippen molar-refractivity contribution < 1.29 is 29.3 Å². The minimum atomic E-state index is -0.702. The van der Waals surface area contributed by atoms with Gasteiger partial charge in [-0.15, -0.1) is 23.2 Å². The molecule has 344 valence electrons. The molecular formula is C56H55Cl2N3O6. The fourth-order valence-corrected chi connectivity index (χ4v) is 7.72. The summed E-state index contributed by atoms with van der Waals surface area (Å²) in [7, 11) is 0. The van der Waals surface area contributed by atoms with Crippen molar-refractivity contribution in [2.24, 2.45) is 5.73 Å². The summed E-state index contributed by atoms with van der Waals surface area (Å²) >= 11 is 9.53. The summed E-state index contributed by atoms with van der Waals surface area (Å²) in [6.07, 6.45) is 7.24. The highest BCUT2D eigenvalue weighted by molar-refractivity contribution is 6.40. The van der Waals surface area contributed by atoms with E-state index in [-0.39, 0.29) is 48.5 Å². The van der Waals surface area contributed by atoms with Gasteiger partial charge in [0.25, 0.3) is 0 Å². The van der Waals surface area contributed by atoms with Crippen molar-refractivity contribution in [1.82, 2.24) is 9.97 Å². The van der Waals surface area contributed by atoms with Crippen LogP contribution in [0.5, 0.6) is 11.5 Å². The predicted octanol–water partition coefficient (Wildman–Crippen LogP) is 11.3. The van der Waals surface area contributed by atoms with Crippen LogP contribution in [-0.4, -0.2) is 56.8 Å². The molecule has 0 aliphatic heterocycles. The quantitative estimate of drug-likeness (QED) is 0.0716. The summed E-state index contributed by atoms with van der Waals surface area (Å²) in [5, 5.41) is 25.0. The van der Waals surface area contributed by atoms with E-state index in [2.05, 4.69) is 16.0 Å². The molecule has 9 nitrogen and oxygen atoms in total. The Labute approximate surface area is 402 Å². The number of carbonyl (C=O) groups excluding carboxylic acids is 2. The maximum atomic E-state index is 13.1. The third-order valence-electron chi connectivity index (χ3n) is 11.3. The van der Waals surface area contributed by atoms with Gasteiger partial charge in [-0.3, -0.25) is 19.6 Å². The zero-order valence-corrected chi connectivity index (χ0v) is 38.8. The number of rotatable bonds is 18. The molecule has 0 aliphatic rings. The molecule has 0 fully saturated rings. The van der Waals surface area contributed by atoms with Gasteiger partial charge in [-0.05, 0) is 87.0 Å². The highest BCUT2D eigenvalue weighted by atomic mass is 35.5. The SMILES string of the molecule is CCC(C(=O)Cc1ccc2cnccc2c1)c1ccc(OCC(O)c2ccccc2)cc1.ClCCl.NCC(C(=O)Cc1ccc2cnccc2c1)c1ccc(OCC(O)c2ccccc2)cc1. The number of Topliss-reactive ketones (excluding diaryl/α,β-unsaturated/α-hetero) is 2. The van der Waals surface area contributed by atoms with Gasteiger partial charge >= 0.3 is 0 Å². The minimum Gasteiger partial charge on any atom is -0.491 e. The van der Waals surface area contributed by atoms with Crippen LogP contribution in [0.25, 0.3) is 21.5 Å². The Kier molecular flexibility index (Phi) is 19.4. The summed E-state index contributed by atoms with van der Waals surface area (Å²) in [5.74, 6) is 1.05. The number of pyridine rings is 2. The molecule has 0 radical (unpaired) electrons. The van der Waals surface area contributed by atoms with Crippen LogP contribution in [0.2, 0.25) is 0 Å². The summed E-state index contributed by atoms with van der Waals surface area (Å²) < 4.78 is 11.5. The molecule has 4 N–H and O–H groups in total. The minimum absolute atomic E-state index is 0.0778. The van der Waals surface area contributed by atoms with E-state index in [0.29, 0.717) is 24.3 Å². The Morgan fingerprint density at radius 1 is 0.537 bits per heavy atom. The van der Waals surface area contributed by atoms with Crippen molar-refractivity contribution in [3.8, 4) is 11.5 Å². The summed E-state index contributed by atoms with van der Waals surface area (Å²) in [5.41, 5.74) is 11.4. The number of alkyl halides is 2. The number of aromatic nitrogens is 2. The van der Waals surface area contributed by atoms with E-state index in [1.54, 1.807) is 12.4 Å². The molecule has 4 atom stereocenters. The smallest absolute Gasteiger partial charge is 0.145 e. The van der Waals surface area contributed by atoms with Crippen LogP contribution in [0.3, 0.4) is 0 Å². The Morgan fingerprint density at radius 2 is 0.940 bits per heavy atom. The van der Waals surface area contributed by atoms with Gasteiger partial charge in [0.1, 0.15) is 48.5 Å². The van der Waals surface area contributed by atoms with Gasteiger partial charge in [0, 0.05) is 60.9 Å². The third kappa shape index (κ3) is 14.8. The first kappa shape index (κ1) is 50.0. The number of benzene rings is 6. The lowest BCUT2D eigenvalue weighted by molar-refractivity contribution is -0.120. The Bertz CT molecular complexity index is 2570. The van der Waals surface area contributed by atoms with Gasteiger partial charge in [0.15, 0.2) is 0 Å². The van der Waals surface area contributed by atoms with Crippen molar-refractivity contribution >= 4 is 56.3 Å². The van der Waals surface area contributed by atoms with Crippen molar-refractivity contribution in [3.05, 3.63) is 216 Å². The number of hydrogen-bond donors (Lipinski definition) is 3. The number of nitrogens with zero attached hydrogens (tertiary/aromatic N) is 2. The summed E-state index contributed by atoms with van der Waals surface area (Å²) in [6, 6.07) is 49.8. The highest BCUT2D eigenvalue weighted by Gasteiger charge is 2.21. The number of nitrogens with two attached hydrogens (primary N) is 1. The molecule has 67 heavy (non-hydrogen) atoms. The number of halogens is 2. The van der Waals surface area contributed by atoms with Gasteiger partial charge in [-0.2, -0.15) is 0 Å². The van der Waals surface area contributed by atoms with Crippen LogP contribution in [-0.2, 0) is 22.4 Å². The van der Waals surface area contributed by atoms with E-state index in [1.807, 2.05) is 171 Å². The van der Waals surface area contributed by atoms with E-state index < -0.39 is 12.2 Å². The van der Waals surface area contributed by atoms with Crippen LogP contribution >= 0.6 is 23.2 Å². The Morgan fingerprint density at radius 3 is 1.34 bits per heavy atom. The van der Waals surface area contributed by atoms with Gasteiger partial charge < -0.3 is 25.4 Å². The lowest BCUT2D eigenvalue weighted by Gasteiger charge is -2.16. The average Bonchev–Trinajstić information content (AvgIpc) is 3.37. The first-order valence-electron chi connectivity index (χ1n) is 22.1. The fourth-order valence-electron chi connectivity index (χ4n) is 7.72. The maximum Gasteiger partial charge on any atom is 0.145 e. The van der Waals surface area contributed by atoms with Crippen LogP contribution in [0, 0.1) is 0 Å². The molecule has 8 rings (SSSR count). The Balaban J connectivity index is 0.000000209. The average molecular weight is 937 g/mol. The monoisotopic (exact) mass is 935 g/mol. The molecule has 2 aromatic heterocycles. The second kappa shape index (κ2) is 26.0. The zero-order valence-electron chi connectivity index (χ0n) is 37.3. The van der Waals surface area contributed by atoms with Crippen molar-refractivity contribution in [1.29, 1.82) is 0 Å². The largest absolute Gasteiger partial charge is 0.491 e. The highest BCUT2D eigenvalue weighted by Crippen LogP contribution is 2.27. The van der Waals surface area contributed by atoms with Crippen LogP contribution in [0.15, 0.2) is 183 Å². The number of fused-ring (bicyclic) bond motifs is 2. The third-order valence-corrected chi connectivity index (χ3v) is 11.3. The van der Waals surface area contributed by atoms with E-state index in [1.165, 1.54) is 0 Å². The first-order chi connectivity index (χ1) is 32.7.